The Hall–Kier alpha value is -0.370. The van der Waals surface area contributed by atoms with Crippen LogP contribution in [0.15, 0.2) is 23.1 Å². The summed E-state index contributed by atoms with van der Waals surface area (Å²) >= 11 is 5.97. The third-order valence-electron chi connectivity index (χ3n) is 4.59. The lowest BCUT2D eigenvalue weighted by Gasteiger charge is -2.37. The Morgan fingerprint density at radius 3 is 2.52 bits per heavy atom. The van der Waals surface area contributed by atoms with Crippen LogP contribution in [0.3, 0.4) is 0 Å². The Labute approximate surface area is 149 Å². The van der Waals surface area contributed by atoms with Gasteiger partial charge in [0.2, 0.25) is 10.0 Å². The van der Waals surface area contributed by atoms with Crippen LogP contribution in [0, 0.1) is 6.92 Å². The van der Waals surface area contributed by atoms with E-state index in [0.717, 1.165) is 38.2 Å². The van der Waals surface area contributed by atoms with Crippen LogP contribution in [0.2, 0.25) is 5.02 Å². The molecular weight excluding hydrogens is 357 g/mol. The van der Waals surface area contributed by atoms with Gasteiger partial charge in [0.25, 0.3) is 0 Å². The molecule has 1 aromatic rings. The van der Waals surface area contributed by atoms with E-state index in [9.17, 15) is 8.42 Å². The summed E-state index contributed by atoms with van der Waals surface area (Å²) in [7, 11) is -3.46. The Bertz CT molecular complexity index is 640. The number of hydrogen-bond acceptors (Lipinski definition) is 4. The summed E-state index contributed by atoms with van der Waals surface area (Å²) in [6.07, 6.45) is 1.15. The number of halogens is 2. The lowest BCUT2D eigenvalue weighted by atomic mass is 10.2. The summed E-state index contributed by atoms with van der Waals surface area (Å²) in [5, 5.41) is 3.82. The minimum atomic E-state index is -3.46. The normalized spacial score (nSPS) is 23.7. The number of sulfonamides is 1. The molecule has 2 fully saturated rings. The summed E-state index contributed by atoms with van der Waals surface area (Å²) in [4.78, 5) is 2.73. The molecule has 0 aliphatic carbocycles. The van der Waals surface area contributed by atoms with E-state index in [1.54, 1.807) is 22.5 Å². The van der Waals surface area contributed by atoms with Crippen LogP contribution in [0.25, 0.3) is 0 Å². The summed E-state index contributed by atoms with van der Waals surface area (Å²) in [6, 6.07) is 5.59. The van der Waals surface area contributed by atoms with Gasteiger partial charge in [0.05, 0.1) is 4.90 Å². The Morgan fingerprint density at radius 2 is 1.91 bits per heavy atom. The van der Waals surface area contributed by atoms with Crippen LogP contribution in [-0.2, 0) is 10.0 Å². The molecule has 1 unspecified atom stereocenters. The molecule has 130 valence electrons. The average molecular weight is 380 g/mol. The van der Waals surface area contributed by atoms with E-state index >= 15 is 0 Å². The van der Waals surface area contributed by atoms with E-state index in [-0.39, 0.29) is 12.4 Å². The summed E-state index contributed by atoms with van der Waals surface area (Å²) < 4.78 is 27.2. The number of hydrogen-bond donors (Lipinski definition) is 1. The maximum Gasteiger partial charge on any atom is 0.243 e. The molecule has 1 aromatic carbocycles. The smallest absolute Gasteiger partial charge is 0.243 e. The van der Waals surface area contributed by atoms with Crippen molar-refractivity contribution in [3.05, 3.63) is 28.8 Å². The zero-order valence-electron chi connectivity index (χ0n) is 13.2. The standard InChI is InChI=1S/C15H22ClN3O2S.ClH/c1-12-2-3-13(16)10-15(12)22(20,21)19-8-6-18(7-9-19)14-4-5-17-11-14;/h2-3,10,14,17H,4-9,11H2,1H3;1H. The van der Waals surface area contributed by atoms with E-state index in [2.05, 4.69) is 10.2 Å². The van der Waals surface area contributed by atoms with Crippen molar-refractivity contribution in [2.45, 2.75) is 24.3 Å². The van der Waals surface area contributed by atoms with Crippen LogP contribution in [0.5, 0.6) is 0 Å². The molecule has 0 radical (unpaired) electrons. The molecule has 0 spiro atoms. The van der Waals surface area contributed by atoms with Crippen LogP contribution in [0.4, 0.5) is 0 Å². The van der Waals surface area contributed by atoms with E-state index in [1.165, 1.54) is 0 Å². The summed E-state index contributed by atoms with van der Waals surface area (Å²) in [6.45, 7) is 6.57. The SMILES string of the molecule is Cc1ccc(Cl)cc1S(=O)(=O)N1CCN(C2CCNC2)CC1.Cl. The van der Waals surface area contributed by atoms with Gasteiger partial charge < -0.3 is 5.32 Å². The highest BCUT2D eigenvalue weighted by Gasteiger charge is 2.32. The predicted octanol–water partition coefficient (Wildman–Crippen LogP) is 1.74. The second-order valence-corrected chi connectivity index (χ2v) is 8.34. The Balaban J connectivity index is 0.00000192. The molecule has 8 heteroatoms. The average Bonchev–Trinajstić information content (AvgIpc) is 3.04. The second kappa shape index (κ2) is 7.68. The molecule has 2 aliphatic rings. The first-order valence-electron chi connectivity index (χ1n) is 7.69. The van der Waals surface area contributed by atoms with Crippen LogP contribution < -0.4 is 5.32 Å². The molecular formula is C15H23Cl2N3O2S. The van der Waals surface area contributed by atoms with Gasteiger partial charge in [0.15, 0.2) is 0 Å². The highest BCUT2D eigenvalue weighted by Crippen LogP contribution is 2.25. The molecule has 1 N–H and O–H groups in total. The molecule has 1 atom stereocenters. The summed E-state index contributed by atoms with van der Waals surface area (Å²) in [5.74, 6) is 0. The van der Waals surface area contributed by atoms with Crippen molar-refractivity contribution in [2.24, 2.45) is 0 Å². The molecule has 2 heterocycles. The number of benzene rings is 1. The van der Waals surface area contributed by atoms with Gasteiger partial charge >= 0.3 is 0 Å². The lowest BCUT2D eigenvalue weighted by Crippen LogP contribution is -2.52. The van der Waals surface area contributed by atoms with Gasteiger partial charge in [-0.1, -0.05) is 17.7 Å². The third-order valence-corrected chi connectivity index (χ3v) is 6.87. The highest BCUT2D eigenvalue weighted by molar-refractivity contribution is 7.89. The minimum absolute atomic E-state index is 0. The van der Waals surface area contributed by atoms with E-state index in [1.807, 2.05) is 6.92 Å². The molecule has 0 bridgehead atoms. The monoisotopic (exact) mass is 379 g/mol. The van der Waals surface area contributed by atoms with Gasteiger partial charge in [-0.2, -0.15) is 4.31 Å². The van der Waals surface area contributed by atoms with Gasteiger partial charge in [0.1, 0.15) is 0 Å². The number of nitrogens with one attached hydrogen (secondary N) is 1. The number of aryl methyl sites for hydroxylation is 1. The van der Waals surface area contributed by atoms with E-state index in [0.29, 0.717) is 29.0 Å². The van der Waals surface area contributed by atoms with Crippen molar-refractivity contribution in [1.29, 1.82) is 0 Å². The summed E-state index contributed by atoms with van der Waals surface area (Å²) in [5.41, 5.74) is 0.742. The highest BCUT2D eigenvalue weighted by atomic mass is 35.5. The minimum Gasteiger partial charge on any atom is -0.315 e. The van der Waals surface area contributed by atoms with Gasteiger partial charge in [0, 0.05) is 43.8 Å². The van der Waals surface area contributed by atoms with Gasteiger partial charge in [-0.15, -0.1) is 12.4 Å². The maximum atomic E-state index is 12.8. The van der Waals surface area contributed by atoms with Gasteiger partial charge in [-0.05, 0) is 37.6 Å². The zero-order chi connectivity index (χ0) is 15.7. The molecule has 0 amide bonds. The number of nitrogens with zero attached hydrogens (tertiary/aromatic N) is 2. The first-order valence-corrected chi connectivity index (χ1v) is 9.51. The molecule has 2 saturated heterocycles. The molecule has 0 saturated carbocycles. The van der Waals surface area contributed by atoms with Crippen molar-refractivity contribution in [3.8, 4) is 0 Å². The van der Waals surface area contributed by atoms with Crippen molar-refractivity contribution in [1.82, 2.24) is 14.5 Å². The van der Waals surface area contributed by atoms with Crippen molar-refractivity contribution in [3.63, 3.8) is 0 Å². The maximum absolute atomic E-state index is 12.8. The Kier molecular flexibility index (Phi) is 6.33. The molecule has 2 aliphatic heterocycles. The van der Waals surface area contributed by atoms with E-state index < -0.39 is 10.0 Å². The van der Waals surface area contributed by atoms with Crippen LogP contribution >= 0.6 is 24.0 Å². The first kappa shape index (κ1) is 19.0. The molecule has 0 aromatic heterocycles. The fourth-order valence-electron chi connectivity index (χ4n) is 3.25. The van der Waals surface area contributed by atoms with E-state index in [4.69, 9.17) is 11.6 Å². The van der Waals surface area contributed by atoms with Gasteiger partial charge in [-0.3, -0.25) is 4.90 Å². The number of rotatable bonds is 3. The van der Waals surface area contributed by atoms with Crippen LogP contribution in [0.1, 0.15) is 12.0 Å². The molecule has 23 heavy (non-hydrogen) atoms. The molecule has 5 nitrogen and oxygen atoms in total. The predicted molar refractivity (Wildman–Crippen MR) is 95.0 cm³/mol. The topological polar surface area (TPSA) is 52.7 Å². The van der Waals surface area contributed by atoms with Crippen molar-refractivity contribution >= 4 is 34.0 Å². The van der Waals surface area contributed by atoms with Crippen molar-refractivity contribution < 1.29 is 8.42 Å². The lowest BCUT2D eigenvalue weighted by molar-refractivity contribution is 0.145. The second-order valence-electron chi connectivity index (χ2n) is 6.00. The van der Waals surface area contributed by atoms with Gasteiger partial charge in [-0.25, -0.2) is 8.42 Å². The Morgan fingerprint density at radius 1 is 1.22 bits per heavy atom. The third kappa shape index (κ3) is 4.00. The van der Waals surface area contributed by atoms with Crippen LogP contribution in [-0.4, -0.2) is 62.9 Å². The fraction of sp³-hybridized carbons (Fsp3) is 0.600. The fourth-order valence-corrected chi connectivity index (χ4v) is 5.16. The zero-order valence-corrected chi connectivity index (χ0v) is 15.6. The van der Waals surface area contributed by atoms with Crippen molar-refractivity contribution in [2.75, 3.05) is 39.3 Å². The first-order chi connectivity index (χ1) is 10.5. The number of piperazine rings is 1. The molecule has 3 rings (SSSR count). The quantitative estimate of drug-likeness (QED) is 0.868. The largest absolute Gasteiger partial charge is 0.315 e.